The van der Waals surface area contributed by atoms with Crippen molar-refractivity contribution in [1.82, 2.24) is 4.98 Å². The summed E-state index contributed by atoms with van der Waals surface area (Å²) < 4.78 is 4.84. The van der Waals surface area contributed by atoms with E-state index in [9.17, 15) is 9.59 Å². The summed E-state index contributed by atoms with van der Waals surface area (Å²) in [6.45, 7) is 0. The third-order valence-electron chi connectivity index (χ3n) is 1.95. The SMILES string of the molecule is O=C1CC(c2cnc(Cl)s2)CC(=O)O1. The van der Waals surface area contributed by atoms with Crippen LogP contribution in [0.4, 0.5) is 0 Å². The highest BCUT2D eigenvalue weighted by molar-refractivity contribution is 7.15. The third-order valence-corrected chi connectivity index (χ3v) is 3.23. The molecule has 4 nitrogen and oxygen atoms in total. The molecule has 1 aliphatic heterocycles. The van der Waals surface area contributed by atoms with Gasteiger partial charge in [-0.1, -0.05) is 11.6 Å². The van der Waals surface area contributed by atoms with Crippen molar-refractivity contribution >= 4 is 34.9 Å². The van der Waals surface area contributed by atoms with Gasteiger partial charge in [-0.2, -0.15) is 0 Å². The van der Waals surface area contributed by atoms with Crippen LogP contribution in [-0.4, -0.2) is 16.9 Å². The van der Waals surface area contributed by atoms with Crippen LogP contribution in [0.5, 0.6) is 0 Å². The van der Waals surface area contributed by atoms with Crippen LogP contribution in [0.1, 0.15) is 23.6 Å². The van der Waals surface area contributed by atoms with Gasteiger partial charge in [-0.05, 0) is 0 Å². The highest BCUT2D eigenvalue weighted by Gasteiger charge is 2.29. The fourth-order valence-corrected chi connectivity index (χ4v) is 2.39. The fourth-order valence-electron chi connectivity index (χ4n) is 1.34. The quantitative estimate of drug-likeness (QED) is 0.546. The van der Waals surface area contributed by atoms with E-state index in [2.05, 4.69) is 9.72 Å². The molecular weight excluding hydrogens is 226 g/mol. The van der Waals surface area contributed by atoms with Gasteiger partial charge in [0.1, 0.15) is 0 Å². The normalized spacial score (nSPS) is 18.4. The molecule has 1 saturated heterocycles. The van der Waals surface area contributed by atoms with Gasteiger partial charge in [0.2, 0.25) is 0 Å². The van der Waals surface area contributed by atoms with Crippen molar-refractivity contribution in [1.29, 1.82) is 0 Å². The second-order valence-corrected chi connectivity index (χ2v) is 4.61. The van der Waals surface area contributed by atoms with Crippen molar-refractivity contribution in [2.24, 2.45) is 0 Å². The lowest BCUT2D eigenvalue weighted by Gasteiger charge is -2.17. The molecule has 0 bridgehead atoms. The molecule has 0 saturated carbocycles. The Bertz CT molecular complexity index is 374. The molecule has 1 aromatic heterocycles. The predicted molar refractivity (Wildman–Crippen MR) is 50.2 cm³/mol. The molecule has 2 rings (SSSR count). The number of carbonyl (C=O) groups excluding carboxylic acids is 2. The van der Waals surface area contributed by atoms with Crippen molar-refractivity contribution in [2.75, 3.05) is 0 Å². The molecule has 74 valence electrons. The lowest BCUT2D eigenvalue weighted by Crippen LogP contribution is -2.23. The minimum atomic E-state index is -0.476. The molecule has 1 aromatic rings. The predicted octanol–water partition coefficient (Wildman–Crippen LogP) is 1.74. The van der Waals surface area contributed by atoms with Crippen LogP contribution in [0.2, 0.25) is 4.47 Å². The molecule has 1 fully saturated rings. The summed E-state index contributed by atoms with van der Waals surface area (Å²) in [4.78, 5) is 26.7. The zero-order chi connectivity index (χ0) is 10.1. The van der Waals surface area contributed by atoms with E-state index < -0.39 is 11.9 Å². The van der Waals surface area contributed by atoms with E-state index in [0.29, 0.717) is 4.47 Å². The van der Waals surface area contributed by atoms with E-state index in [0.717, 1.165) is 4.88 Å². The summed E-state index contributed by atoms with van der Waals surface area (Å²) in [7, 11) is 0. The molecule has 0 unspecified atom stereocenters. The fraction of sp³-hybridized carbons (Fsp3) is 0.375. The molecule has 2 heterocycles. The second kappa shape index (κ2) is 3.67. The standard InChI is InChI=1S/C8H6ClNO3S/c9-8-10-3-5(14-8)4-1-6(11)13-7(12)2-4/h3-4H,1-2H2. The number of rotatable bonds is 1. The first kappa shape index (κ1) is 9.61. The zero-order valence-corrected chi connectivity index (χ0v) is 8.60. The minimum absolute atomic E-state index is 0.117. The van der Waals surface area contributed by atoms with E-state index in [-0.39, 0.29) is 18.8 Å². The largest absolute Gasteiger partial charge is 0.393 e. The Kier molecular flexibility index (Phi) is 2.52. The average molecular weight is 232 g/mol. The smallest absolute Gasteiger partial charge is 0.314 e. The number of esters is 2. The number of cyclic esters (lactones) is 2. The van der Waals surface area contributed by atoms with Crippen LogP contribution < -0.4 is 0 Å². The Balaban J connectivity index is 2.18. The number of hydrogen-bond acceptors (Lipinski definition) is 5. The Morgan fingerprint density at radius 2 is 2.07 bits per heavy atom. The monoisotopic (exact) mass is 231 g/mol. The number of thiazole rings is 1. The molecule has 1 aliphatic rings. The van der Waals surface area contributed by atoms with E-state index in [1.807, 2.05) is 0 Å². The number of nitrogens with zero attached hydrogens (tertiary/aromatic N) is 1. The van der Waals surface area contributed by atoms with E-state index in [4.69, 9.17) is 11.6 Å². The van der Waals surface area contributed by atoms with Gasteiger partial charge < -0.3 is 4.74 Å². The lowest BCUT2D eigenvalue weighted by atomic mass is 9.98. The Hall–Kier alpha value is -0.940. The highest BCUT2D eigenvalue weighted by atomic mass is 35.5. The maximum Gasteiger partial charge on any atom is 0.314 e. The van der Waals surface area contributed by atoms with E-state index in [1.54, 1.807) is 6.20 Å². The summed E-state index contributed by atoms with van der Waals surface area (Å²) in [5.41, 5.74) is 0. The van der Waals surface area contributed by atoms with Crippen molar-refractivity contribution in [3.63, 3.8) is 0 Å². The molecule has 0 aromatic carbocycles. The number of halogens is 1. The molecule has 0 aliphatic carbocycles. The van der Waals surface area contributed by atoms with E-state index in [1.165, 1.54) is 11.3 Å². The van der Waals surface area contributed by atoms with Crippen LogP contribution >= 0.6 is 22.9 Å². The third kappa shape index (κ3) is 1.93. The van der Waals surface area contributed by atoms with Gasteiger partial charge in [0.25, 0.3) is 0 Å². The van der Waals surface area contributed by atoms with Gasteiger partial charge in [0.15, 0.2) is 4.47 Å². The highest BCUT2D eigenvalue weighted by Crippen LogP contribution is 2.33. The molecule has 14 heavy (non-hydrogen) atoms. The van der Waals surface area contributed by atoms with E-state index >= 15 is 0 Å². The summed E-state index contributed by atoms with van der Waals surface area (Å²) in [6.07, 6.45) is 2.05. The van der Waals surface area contributed by atoms with Gasteiger partial charge in [0, 0.05) is 17.0 Å². The molecule has 0 atom stereocenters. The second-order valence-electron chi connectivity index (χ2n) is 2.97. The van der Waals surface area contributed by atoms with Gasteiger partial charge >= 0.3 is 11.9 Å². The summed E-state index contributed by atoms with van der Waals surface area (Å²) >= 11 is 6.95. The Morgan fingerprint density at radius 3 is 2.57 bits per heavy atom. The van der Waals surface area contributed by atoms with Crippen molar-refractivity contribution in [3.05, 3.63) is 15.5 Å². The molecular formula is C8H6ClNO3S. The molecule has 0 spiro atoms. The van der Waals surface area contributed by atoms with Gasteiger partial charge in [-0.25, -0.2) is 4.98 Å². The number of ether oxygens (including phenoxy) is 1. The van der Waals surface area contributed by atoms with Crippen LogP contribution in [0.15, 0.2) is 6.20 Å². The van der Waals surface area contributed by atoms with Crippen LogP contribution in [0.25, 0.3) is 0 Å². The maximum atomic E-state index is 11.0. The van der Waals surface area contributed by atoms with Crippen molar-refractivity contribution < 1.29 is 14.3 Å². The number of aromatic nitrogens is 1. The van der Waals surface area contributed by atoms with Crippen LogP contribution in [0.3, 0.4) is 0 Å². The summed E-state index contributed by atoms with van der Waals surface area (Å²) in [5.74, 6) is -1.07. The first-order chi connectivity index (χ1) is 6.65. The molecule has 0 radical (unpaired) electrons. The zero-order valence-electron chi connectivity index (χ0n) is 7.03. The minimum Gasteiger partial charge on any atom is -0.393 e. The molecule has 0 N–H and O–H groups in total. The number of hydrogen-bond donors (Lipinski definition) is 0. The maximum absolute atomic E-state index is 11.0. The number of carbonyl (C=O) groups is 2. The Labute approximate surface area is 88.9 Å². The lowest BCUT2D eigenvalue weighted by molar-refractivity contribution is -0.163. The topological polar surface area (TPSA) is 56.3 Å². The molecule has 6 heteroatoms. The summed E-state index contributed by atoms with van der Waals surface area (Å²) in [6, 6.07) is 0. The summed E-state index contributed by atoms with van der Waals surface area (Å²) in [5, 5.41) is 0. The van der Waals surface area contributed by atoms with Crippen molar-refractivity contribution in [2.45, 2.75) is 18.8 Å². The molecule has 0 amide bonds. The van der Waals surface area contributed by atoms with Gasteiger partial charge in [0.05, 0.1) is 12.8 Å². The first-order valence-electron chi connectivity index (χ1n) is 4.00. The Morgan fingerprint density at radius 1 is 1.43 bits per heavy atom. The van der Waals surface area contributed by atoms with Gasteiger partial charge in [-0.3, -0.25) is 9.59 Å². The van der Waals surface area contributed by atoms with Crippen LogP contribution in [0, 0.1) is 0 Å². The average Bonchev–Trinajstić information content (AvgIpc) is 2.50. The first-order valence-corrected chi connectivity index (χ1v) is 5.19. The van der Waals surface area contributed by atoms with Gasteiger partial charge in [-0.15, -0.1) is 11.3 Å². The van der Waals surface area contributed by atoms with Crippen LogP contribution in [-0.2, 0) is 14.3 Å². The van der Waals surface area contributed by atoms with Crippen molar-refractivity contribution in [3.8, 4) is 0 Å².